The van der Waals surface area contributed by atoms with Gasteiger partial charge in [0.25, 0.3) is 0 Å². The third-order valence-electron chi connectivity index (χ3n) is 3.22. The van der Waals surface area contributed by atoms with Crippen molar-refractivity contribution in [1.29, 1.82) is 0 Å². The first-order valence-corrected chi connectivity index (χ1v) is 10.6. The average Bonchev–Trinajstić information content (AvgIpc) is 2.49. The summed E-state index contributed by atoms with van der Waals surface area (Å²) >= 11 is 0. The zero-order valence-corrected chi connectivity index (χ0v) is 14.9. The molecule has 0 unspecified atom stereocenters. The number of hydrogen-bond acceptors (Lipinski definition) is 4. The Morgan fingerprint density at radius 2 is 1.46 bits per heavy atom. The summed E-state index contributed by atoms with van der Waals surface area (Å²) in [5, 5.41) is 0. The fourth-order valence-corrected chi connectivity index (χ4v) is 4.27. The molecule has 0 saturated carbocycles. The summed E-state index contributed by atoms with van der Waals surface area (Å²) in [4.78, 5) is 0. The molecule has 8 heteroatoms. The molecular formula is C16H20N2O4S2. The van der Waals surface area contributed by atoms with Gasteiger partial charge in [-0.05, 0) is 24.6 Å². The molecule has 0 radical (unpaired) electrons. The molecule has 0 heterocycles. The molecule has 0 aliphatic heterocycles. The third kappa shape index (κ3) is 6.31. The predicted octanol–water partition coefficient (Wildman–Crippen LogP) is 1.86. The van der Waals surface area contributed by atoms with Gasteiger partial charge in [0.1, 0.15) is 0 Å². The molecule has 0 bridgehead atoms. The fourth-order valence-electron chi connectivity index (χ4n) is 2.02. The number of nitrogens with one attached hydrogen (secondary N) is 2. The lowest BCUT2D eigenvalue weighted by atomic mass is 10.2. The topological polar surface area (TPSA) is 92.3 Å². The van der Waals surface area contributed by atoms with Crippen LogP contribution in [0.3, 0.4) is 0 Å². The van der Waals surface area contributed by atoms with Crippen molar-refractivity contribution in [2.45, 2.75) is 12.7 Å². The van der Waals surface area contributed by atoms with Gasteiger partial charge in [-0.25, -0.2) is 21.6 Å². The maximum Gasteiger partial charge on any atom is 0.234 e. The molecule has 2 aromatic rings. The van der Waals surface area contributed by atoms with Gasteiger partial charge in [-0.3, -0.25) is 4.72 Å². The largest absolute Gasteiger partial charge is 0.284 e. The van der Waals surface area contributed by atoms with Gasteiger partial charge in [0, 0.05) is 12.2 Å². The second kappa shape index (κ2) is 7.78. The van der Waals surface area contributed by atoms with Gasteiger partial charge >= 0.3 is 0 Å². The lowest BCUT2D eigenvalue weighted by Crippen LogP contribution is -2.32. The summed E-state index contributed by atoms with van der Waals surface area (Å²) in [6.07, 6.45) is 0. The number of anilines is 1. The molecule has 0 atom stereocenters. The van der Waals surface area contributed by atoms with Crippen LogP contribution in [0.4, 0.5) is 5.69 Å². The average molecular weight is 368 g/mol. The van der Waals surface area contributed by atoms with Crippen LogP contribution in [0.5, 0.6) is 0 Å². The minimum atomic E-state index is -3.61. The van der Waals surface area contributed by atoms with E-state index in [0.717, 1.165) is 5.56 Å². The molecule has 0 aliphatic rings. The van der Waals surface area contributed by atoms with Crippen molar-refractivity contribution >= 4 is 25.7 Å². The predicted molar refractivity (Wildman–Crippen MR) is 95.7 cm³/mol. The second-order valence-electron chi connectivity index (χ2n) is 5.43. The summed E-state index contributed by atoms with van der Waals surface area (Å²) in [5.41, 5.74) is 2.14. The van der Waals surface area contributed by atoms with E-state index in [0.29, 0.717) is 11.3 Å². The highest BCUT2D eigenvalue weighted by Gasteiger charge is 2.15. The smallest absolute Gasteiger partial charge is 0.234 e. The fraction of sp³-hybridized carbons (Fsp3) is 0.250. The summed E-state index contributed by atoms with van der Waals surface area (Å²) < 4.78 is 52.6. The highest BCUT2D eigenvalue weighted by atomic mass is 32.2. The van der Waals surface area contributed by atoms with Gasteiger partial charge in [0.15, 0.2) is 0 Å². The lowest BCUT2D eigenvalue weighted by Gasteiger charge is -2.09. The van der Waals surface area contributed by atoms with E-state index in [4.69, 9.17) is 0 Å². The van der Waals surface area contributed by atoms with E-state index in [1.807, 2.05) is 19.1 Å². The highest BCUT2D eigenvalue weighted by molar-refractivity contribution is 7.92. The summed E-state index contributed by atoms with van der Waals surface area (Å²) in [7, 11) is -7.20. The Kier molecular flexibility index (Phi) is 5.98. The lowest BCUT2D eigenvalue weighted by molar-refractivity contribution is 0.581. The van der Waals surface area contributed by atoms with Gasteiger partial charge in [-0.15, -0.1) is 0 Å². The Bertz CT molecular complexity index is 862. The Morgan fingerprint density at radius 1 is 0.833 bits per heavy atom. The summed E-state index contributed by atoms with van der Waals surface area (Å²) in [6, 6.07) is 15.6. The maximum absolute atomic E-state index is 12.0. The molecule has 0 saturated heterocycles. The minimum absolute atomic E-state index is 0.181. The van der Waals surface area contributed by atoms with Crippen LogP contribution in [-0.4, -0.2) is 29.1 Å². The van der Waals surface area contributed by atoms with Crippen LogP contribution in [0.2, 0.25) is 0 Å². The summed E-state index contributed by atoms with van der Waals surface area (Å²) in [6.45, 7) is 1.73. The first kappa shape index (κ1) is 18.4. The first-order chi connectivity index (χ1) is 11.3. The Balaban J connectivity index is 1.86. The number of rotatable bonds is 8. The van der Waals surface area contributed by atoms with Crippen LogP contribution in [0, 0.1) is 6.92 Å². The second-order valence-corrected chi connectivity index (χ2v) is 9.07. The third-order valence-corrected chi connectivity index (χ3v) is 5.86. The first-order valence-electron chi connectivity index (χ1n) is 7.34. The van der Waals surface area contributed by atoms with Crippen molar-refractivity contribution in [3.05, 3.63) is 65.7 Å². The van der Waals surface area contributed by atoms with E-state index in [1.165, 1.54) is 0 Å². The number of sulfonamides is 2. The Hall–Kier alpha value is -1.90. The van der Waals surface area contributed by atoms with E-state index in [9.17, 15) is 16.8 Å². The number of hydrogen-bond donors (Lipinski definition) is 2. The number of aryl methyl sites for hydroxylation is 1. The Morgan fingerprint density at radius 3 is 2.08 bits per heavy atom. The molecule has 0 amide bonds. The molecule has 6 nitrogen and oxygen atoms in total. The van der Waals surface area contributed by atoms with E-state index in [-0.39, 0.29) is 18.1 Å². The molecule has 0 aliphatic carbocycles. The number of para-hydroxylation sites is 1. The van der Waals surface area contributed by atoms with Gasteiger partial charge in [-0.1, -0.05) is 48.0 Å². The van der Waals surface area contributed by atoms with Crippen molar-refractivity contribution in [2.24, 2.45) is 0 Å². The normalized spacial score (nSPS) is 12.0. The van der Waals surface area contributed by atoms with Gasteiger partial charge in [0.2, 0.25) is 20.0 Å². The zero-order valence-electron chi connectivity index (χ0n) is 13.3. The standard InChI is InChI=1S/C16H20N2O4S2/c1-14-7-9-15(10-8-14)13-24(21,22)17-11-12-23(19,20)18-16-5-3-2-4-6-16/h2-10,17-18H,11-13H2,1H3. The van der Waals surface area contributed by atoms with E-state index >= 15 is 0 Å². The van der Waals surface area contributed by atoms with Gasteiger partial charge in [-0.2, -0.15) is 0 Å². The summed E-state index contributed by atoms with van der Waals surface area (Å²) in [5.74, 6) is -0.519. The van der Waals surface area contributed by atoms with Crippen LogP contribution in [-0.2, 0) is 25.8 Å². The SMILES string of the molecule is Cc1ccc(CS(=O)(=O)NCCS(=O)(=O)Nc2ccccc2)cc1. The van der Waals surface area contributed by atoms with Crippen molar-refractivity contribution in [3.8, 4) is 0 Å². The Labute approximate surface area is 143 Å². The van der Waals surface area contributed by atoms with E-state index in [2.05, 4.69) is 9.44 Å². The molecule has 2 aromatic carbocycles. The van der Waals surface area contributed by atoms with Crippen molar-refractivity contribution in [2.75, 3.05) is 17.0 Å². The van der Waals surface area contributed by atoms with Gasteiger partial charge in [0.05, 0.1) is 11.5 Å². The minimum Gasteiger partial charge on any atom is -0.284 e. The van der Waals surface area contributed by atoms with E-state index in [1.54, 1.807) is 42.5 Å². The van der Waals surface area contributed by atoms with Crippen LogP contribution in [0.15, 0.2) is 54.6 Å². The van der Waals surface area contributed by atoms with Crippen molar-refractivity contribution < 1.29 is 16.8 Å². The molecule has 2 rings (SSSR count). The molecule has 0 aromatic heterocycles. The zero-order chi connectivity index (χ0) is 17.6. The molecule has 0 spiro atoms. The number of benzene rings is 2. The van der Waals surface area contributed by atoms with Crippen LogP contribution >= 0.6 is 0 Å². The van der Waals surface area contributed by atoms with Crippen molar-refractivity contribution in [3.63, 3.8) is 0 Å². The molecule has 130 valence electrons. The molecule has 2 N–H and O–H groups in total. The van der Waals surface area contributed by atoms with Crippen LogP contribution in [0.25, 0.3) is 0 Å². The van der Waals surface area contributed by atoms with Crippen LogP contribution in [0.1, 0.15) is 11.1 Å². The maximum atomic E-state index is 12.0. The van der Waals surface area contributed by atoms with Crippen LogP contribution < -0.4 is 9.44 Å². The molecular weight excluding hydrogens is 348 g/mol. The van der Waals surface area contributed by atoms with Gasteiger partial charge < -0.3 is 0 Å². The molecule has 0 fully saturated rings. The highest BCUT2D eigenvalue weighted by Crippen LogP contribution is 2.09. The monoisotopic (exact) mass is 368 g/mol. The quantitative estimate of drug-likeness (QED) is 0.744. The van der Waals surface area contributed by atoms with Crippen molar-refractivity contribution in [1.82, 2.24) is 4.72 Å². The molecule has 24 heavy (non-hydrogen) atoms. The van der Waals surface area contributed by atoms with E-state index < -0.39 is 20.0 Å².